The van der Waals surface area contributed by atoms with Crippen LogP contribution in [0, 0.1) is 5.92 Å². The Kier molecular flexibility index (Phi) is 4.73. The second-order valence-electron chi connectivity index (χ2n) is 6.78. The zero-order valence-electron chi connectivity index (χ0n) is 14.8. The van der Waals surface area contributed by atoms with Gasteiger partial charge in [0.15, 0.2) is 0 Å². The number of imide groups is 1. The fourth-order valence-electron chi connectivity index (χ4n) is 3.76. The highest BCUT2D eigenvalue weighted by atomic mass is 32.2. The van der Waals surface area contributed by atoms with Crippen LogP contribution in [0.25, 0.3) is 17.1 Å². The van der Waals surface area contributed by atoms with E-state index in [2.05, 4.69) is 14.9 Å². The first-order valence-corrected chi connectivity index (χ1v) is 9.66. The van der Waals surface area contributed by atoms with Gasteiger partial charge in [-0.15, -0.1) is 0 Å². The Bertz CT molecular complexity index is 957. The van der Waals surface area contributed by atoms with E-state index in [1.165, 1.54) is 7.11 Å². The smallest absolute Gasteiger partial charge is 0.308 e. The topological polar surface area (TPSA) is 90.3 Å². The van der Waals surface area contributed by atoms with Crippen LogP contribution < -0.4 is 5.32 Å². The number of nitrogens with zero attached hydrogens (tertiary/aromatic N) is 2. The van der Waals surface area contributed by atoms with Crippen LogP contribution in [-0.2, 0) is 14.3 Å². The van der Waals surface area contributed by atoms with Crippen molar-refractivity contribution >= 4 is 46.0 Å². The molecular formula is C19H19N3O4S. The number of nitrogens with one attached hydrogen (secondary N) is 1. The summed E-state index contributed by atoms with van der Waals surface area (Å²) in [4.78, 5) is 39.5. The molecule has 0 spiro atoms. The van der Waals surface area contributed by atoms with E-state index >= 15 is 0 Å². The maximum Gasteiger partial charge on any atom is 0.308 e. The van der Waals surface area contributed by atoms with E-state index < -0.39 is 0 Å². The summed E-state index contributed by atoms with van der Waals surface area (Å²) in [6, 6.07) is 6.13. The van der Waals surface area contributed by atoms with Crippen molar-refractivity contribution in [2.75, 3.05) is 7.11 Å². The predicted octanol–water partition coefficient (Wildman–Crippen LogP) is 3.26. The Morgan fingerprint density at radius 2 is 2.07 bits per heavy atom. The van der Waals surface area contributed by atoms with Gasteiger partial charge < -0.3 is 9.30 Å². The van der Waals surface area contributed by atoms with Gasteiger partial charge in [-0.1, -0.05) is 6.07 Å². The number of amides is 2. The minimum absolute atomic E-state index is 0.00275. The minimum Gasteiger partial charge on any atom is -0.469 e. The molecule has 2 heterocycles. The van der Waals surface area contributed by atoms with Crippen molar-refractivity contribution in [2.45, 2.75) is 31.7 Å². The average Bonchev–Trinajstić information content (AvgIpc) is 3.23. The van der Waals surface area contributed by atoms with E-state index in [0.717, 1.165) is 54.0 Å². The number of fused-ring (bicyclic) bond motifs is 1. The molecule has 0 atom stereocenters. The van der Waals surface area contributed by atoms with Gasteiger partial charge in [0.1, 0.15) is 0 Å². The van der Waals surface area contributed by atoms with E-state index in [1.807, 2.05) is 24.5 Å². The molecule has 2 amide bonds. The van der Waals surface area contributed by atoms with E-state index in [-0.39, 0.29) is 23.0 Å². The molecular weight excluding hydrogens is 366 g/mol. The summed E-state index contributed by atoms with van der Waals surface area (Å²) >= 11 is 0.904. The number of methoxy groups -OCH3 is 1. The number of thioether (sulfide) groups is 1. The normalized spacial score (nSPS) is 24.4. The molecule has 0 unspecified atom stereocenters. The lowest BCUT2D eigenvalue weighted by molar-refractivity contribution is -0.146. The molecule has 7 nitrogen and oxygen atoms in total. The number of ether oxygens (including phenoxy) is 1. The highest BCUT2D eigenvalue weighted by Crippen LogP contribution is 2.35. The van der Waals surface area contributed by atoms with Gasteiger partial charge in [0.25, 0.3) is 11.1 Å². The summed E-state index contributed by atoms with van der Waals surface area (Å²) < 4.78 is 7.02. The molecule has 140 valence electrons. The Hall–Kier alpha value is -2.61. The van der Waals surface area contributed by atoms with Crippen molar-refractivity contribution in [2.24, 2.45) is 5.92 Å². The lowest BCUT2D eigenvalue weighted by Gasteiger charge is -2.28. The van der Waals surface area contributed by atoms with E-state index in [0.29, 0.717) is 10.9 Å². The molecule has 1 aromatic carbocycles. The van der Waals surface area contributed by atoms with Gasteiger partial charge in [-0.2, -0.15) is 0 Å². The molecule has 0 bridgehead atoms. The maximum atomic E-state index is 11.7. The first-order chi connectivity index (χ1) is 13.0. The highest BCUT2D eigenvalue weighted by Gasteiger charge is 2.28. The van der Waals surface area contributed by atoms with Crippen LogP contribution in [-0.4, -0.2) is 33.8 Å². The molecule has 2 fully saturated rings. The largest absolute Gasteiger partial charge is 0.469 e. The van der Waals surface area contributed by atoms with Gasteiger partial charge in [0.05, 0.1) is 35.3 Å². The summed E-state index contributed by atoms with van der Waals surface area (Å²) in [5.41, 5.74) is 2.70. The fraction of sp³-hybridized carbons (Fsp3) is 0.368. The van der Waals surface area contributed by atoms with Gasteiger partial charge >= 0.3 is 5.97 Å². The number of carbonyl (C=O) groups excluding carboxylic acids is 3. The van der Waals surface area contributed by atoms with Crippen molar-refractivity contribution in [3.8, 4) is 0 Å². The van der Waals surface area contributed by atoms with Crippen LogP contribution in [0.4, 0.5) is 4.79 Å². The van der Waals surface area contributed by atoms with Crippen molar-refractivity contribution < 1.29 is 19.1 Å². The number of esters is 1. The summed E-state index contributed by atoms with van der Waals surface area (Å²) in [5, 5.41) is 1.90. The zero-order valence-corrected chi connectivity index (χ0v) is 15.6. The van der Waals surface area contributed by atoms with Crippen LogP contribution in [0.15, 0.2) is 29.4 Å². The van der Waals surface area contributed by atoms with Gasteiger partial charge in [0, 0.05) is 6.04 Å². The van der Waals surface area contributed by atoms with Gasteiger partial charge in [-0.05, 0) is 61.2 Å². The second kappa shape index (κ2) is 7.19. The van der Waals surface area contributed by atoms with Gasteiger partial charge in [-0.3, -0.25) is 19.7 Å². The summed E-state index contributed by atoms with van der Waals surface area (Å²) in [7, 11) is 1.44. The molecule has 1 aliphatic carbocycles. The third kappa shape index (κ3) is 3.49. The zero-order chi connectivity index (χ0) is 19.0. The molecule has 1 N–H and O–H groups in total. The van der Waals surface area contributed by atoms with Gasteiger partial charge in [-0.25, -0.2) is 4.98 Å². The summed E-state index contributed by atoms with van der Waals surface area (Å²) in [6.07, 6.45) is 7.01. The van der Waals surface area contributed by atoms with Crippen molar-refractivity contribution in [1.82, 2.24) is 14.9 Å². The quantitative estimate of drug-likeness (QED) is 0.644. The first-order valence-electron chi connectivity index (χ1n) is 8.84. The lowest BCUT2D eigenvalue weighted by Crippen LogP contribution is -2.24. The Balaban J connectivity index is 1.53. The van der Waals surface area contributed by atoms with Crippen LogP contribution >= 0.6 is 11.8 Å². The second-order valence-corrected chi connectivity index (χ2v) is 7.80. The fourth-order valence-corrected chi connectivity index (χ4v) is 4.44. The number of carbonyl (C=O) groups is 3. The highest BCUT2D eigenvalue weighted by molar-refractivity contribution is 8.18. The maximum absolute atomic E-state index is 11.7. The molecule has 1 aliphatic heterocycles. The third-order valence-electron chi connectivity index (χ3n) is 5.16. The van der Waals surface area contributed by atoms with Crippen molar-refractivity contribution in [3.05, 3.63) is 35.0 Å². The molecule has 8 heteroatoms. The van der Waals surface area contributed by atoms with E-state index in [1.54, 1.807) is 6.08 Å². The Morgan fingerprint density at radius 3 is 2.74 bits per heavy atom. The number of imidazole rings is 1. The van der Waals surface area contributed by atoms with Crippen molar-refractivity contribution in [3.63, 3.8) is 0 Å². The molecule has 1 aromatic heterocycles. The monoisotopic (exact) mass is 385 g/mol. The van der Waals surface area contributed by atoms with Crippen LogP contribution in [0.2, 0.25) is 0 Å². The molecule has 1 saturated carbocycles. The minimum atomic E-state index is -0.363. The third-order valence-corrected chi connectivity index (χ3v) is 5.97. The predicted molar refractivity (Wildman–Crippen MR) is 102 cm³/mol. The number of rotatable bonds is 3. The standard InChI is InChI=1S/C19H19N3O4S/c1-26-18(24)12-3-5-13(6-4-12)22-10-20-14-8-11(2-7-15(14)22)9-16-17(23)21-19(25)27-16/h2,7-10,12-13H,3-6H2,1H3,(H,21,23,25)/b16-9-. The molecule has 1 saturated heterocycles. The number of hydrogen-bond acceptors (Lipinski definition) is 6. The molecule has 0 radical (unpaired) electrons. The van der Waals surface area contributed by atoms with E-state index in [4.69, 9.17) is 4.74 Å². The number of hydrogen-bond donors (Lipinski definition) is 1. The molecule has 2 aromatic rings. The molecule has 4 rings (SSSR count). The Morgan fingerprint density at radius 1 is 1.30 bits per heavy atom. The summed E-state index contributed by atoms with van der Waals surface area (Å²) in [5.74, 6) is -0.482. The van der Waals surface area contributed by atoms with Crippen LogP contribution in [0.5, 0.6) is 0 Å². The van der Waals surface area contributed by atoms with Crippen molar-refractivity contribution in [1.29, 1.82) is 0 Å². The average molecular weight is 385 g/mol. The number of benzene rings is 1. The first kappa shape index (κ1) is 17.8. The molecule has 2 aliphatic rings. The van der Waals surface area contributed by atoms with Crippen LogP contribution in [0.1, 0.15) is 37.3 Å². The summed E-state index contributed by atoms with van der Waals surface area (Å²) in [6.45, 7) is 0. The number of aromatic nitrogens is 2. The van der Waals surface area contributed by atoms with E-state index in [9.17, 15) is 14.4 Å². The molecule has 27 heavy (non-hydrogen) atoms. The Labute approximate surface area is 160 Å². The lowest BCUT2D eigenvalue weighted by atomic mass is 9.86. The SMILES string of the molecule is COC(=O)C1CCC(n2cnc3cc(/C=C4\SC(=O)NC4=O)ccc32)CC1. The van der Waals surface area contributed by atoms with Crippen LogP contribution in [0.3, 0.4) is 0 Å². The van der Waals surface area contributed by atoms with Gasteiger partial charge in [0.2, 0.25) is 0 Å².